The number of anilines is 1. The quantitative estimate of drug-likeness (QED) is 0.773. The van der Waals surface area contributed by atoms with Gasteiger partial charge in [-0.2, -0.15) is 5.10 Å². The predicted octanol–water partition coefficient (Wildman–Crippen LogP) is 3.13. The average Bonchev–Trinajstić information content (AvgIpc) is 2.84. The van der Waals surface area contributed by atoms with Gasteiger partial charge < -0.3 is 5.73 Å². The van der Waals surface area contributed by atoms with Crippen molar-refractivity contribution in [2.24, 2.45) is 0 Å². The molecule has 0 amide bonds. The minimum atomic E-state index is 0.676. The molecule has 0 aliphatic rings. The molecule has 0 unspecified atom stereocenters. The van der Waals surface area contributed by atoms with Crippen LogP contribution in [0, 0.1) is 13.8 Å². The van der Waals surface area contributed by atoms with Gasteiger partial charge in [-0.3, -0.25) is 4.98 Å². The highest BCUT2D eigenvalue weighted by Gasteiger charge is 2.12. The van der Waals surface area contributed by atoms with Crippen molar-refractivity contribution in [3.63, 3.8) is 0 Å². The summed E-state index contributed by atoms with van der Waals surface area (Å²) in [5.74, 6) is 0. The van der Waals surface area contributed by atoms with E-state index in [1.807, 2.05) is 18.3 Å². The lowest BCUT2D eigenvalue weighted by atomic mass is 10.0. The molecule has 0 fully saturated rings. The summed E-state index contributed by atoms with van der Waals surface area (Å²) >= 11 is 0. The van der Waals surface area contributed by atoms with E-state index in [0.29, 0.717) is 5.69 Å². The minimum Gasteiger partial charge on any atom is -0.396 e. The standard InChI is InChI=1S/C16H16N4/c1-11-3-4-12(2)14(9-11)16-15(17)10-20(19-16)13-5-7-18-8-6-13/h3-10H,17H2,1-2H3. The topological polar surface area (TPSA) is 56.7 Å². The van der Waals surface area contributed by atoms with Crippen LogP contribution in [0.4, 0.5) is 5.69 Å². The molecule has 1 aromatic carbocycles. The predicted molar refractivity (Wildman–Crippen MR) is 80.7 cm³/mol. The van der Waals surface area contributed by atoms with E-state index in [-0.39, 0.29) is 0 Å². The van der Waals surface area contributed by atoms with Crippen LogP contribution in [0.15, 0.2) is 48.9 Å². The largest absolute Gasteiger partial charge is 0.396 e. The number of nitrogens with two attached hydrogens (primary N) is 1. The van der Waals surface area contributed by atoms with Gasteiger partial charge in [-0.25, -0.2) is 4.68 Å². The second kappa shape index (κ2) is 4.81. The van der Waals surface area contributed by atoms with Crippen LogP contribution in [0.2, 0.25) is 0 Å². The molecule has 4 nitrogen and oxygen atoms in total. The maximum atomic E-state index is 6.13. The van der Waals surface area contributed by atoms with Gasteiger partial charge >= 0.3 is 0 Å². The van der Waals surface area contributed by atoms with Crippen molar-refractivity contribution in [1.82, 2.24) is 14.8 Å². The molecule has 20 heavy (non-hydrogen) atoms. The van der Waals surface area contributed by atoms with E-state index < -0.39 is 0 Å². The molecule has 0 atom stereocenters. The minimum absolute atomic E-state index is 0.676. The van der Waals surface area contributed by atoms with Crippen LogP contribution in [0.1, 0.15) is 11.1 Å². The zero-order chi connectivity index (χ0) is 14.1. The zero-order valence-electron chi connectivity index (χ0n) is 11.5. The van der Waals surface area contributed by atoms with Gasteiger partial charge in [0.2, 0.25) is 0 Å². The molecule has 0 saturated heterocycles. The summed E-state index contributed by atoms with van der Waals surface area (Å²) in [6.07, 6.45) is 5.32. The third kappa shape index (κ3) is 2.16. The molecule has 3 aromatic rings. The molecule has 4 heteroatoms. The Labute approximate surface area is 117 Å². The molecule has 0 radical (unpaired) electrons. The lowest BCUT2D eigenvalue weighted by Crippen LogP contribution is -1.95. The summed E-state index contributed by atoms with van der Waals surface area (Å²) in [4.78, 5) is 4.01. The molecule has 2 aromatic heterocycles. The number of pyridine rings is 1. The van der Waals surface area contributed by atoms with E-state index in [1.54, 1.807) is 17.1 Å². The van der Waals surface area contributed by atoms with Crippen LogP contribution in [-0.2, 0) is 0 Å². The Morgan fingerprint density at radius 3 is 2.55 bits per heavy atom. The SMILES string of the molecule is Cc1ccc(C)c(-c2nn(-c3ccncc3)cc2N)c1. The van der Waals surface area contributed by atoms with Gasteiger partial charge in [-0.1, -0.05) is 17.7 Å². The molecule has 0 aliphatic heterocycles. The molecule has 0 bridgehead atoms. The maximum absolute atomic E-state index is 6.13. The summed E-state index contributed by atoms with van der Waals surface area (Å²) in [6.45, 7) is 4.14. The lowest BCUT2D eigenvalue weighted by molar-refractivity contribution is 0.881. The monoisotopic (exact) mass is 264 g/mol. The van der Waals surface area contributed by atoms with E-state index in [1.165, 1.54) is 11.1 Å². The second-order valence-electron chi connectivity index (χ2n) is 4.90. The third-order valence-electron chi connectivity index (χ3n) is 3.32. The molecule has 0 saturated carbocycles. The van der Waals surface area contributed by atoms with E-state index >= 15 is 0 Å². The van der Waals surface area contributed by atoms with Crippen molar-refractivity contribution in [2.75, 3.05) is 5.73 Å². The Bertz CT molecular complexity index is 744. The molecular weight excluding hydrogens is 248 g/mol. The first-order chi connectivity index (χ1) is 9.65. The molecule has 3 rings (SSSR count). The lowest BCUT2D eigenvalue weighted by Gasteiger charge is -2.05. The van der Waals surface area contributed by atoms with Gasteiger partial charge in [-0.15, -0.1) is 0 Å². The number of aromatic nitrogens is 3. The summed E-state index contributed by atoms with van der Waals surface area (Å²) in [5, 5.41) is 4.62. The molecule has 0 aliphatic carbocycles. The summed E-state index contributed by atoms with van der Waals surface area (Å²) < 4.78 is 1.79. The van der Waals surface area contributed by atoms with E-state index in [4.69, 9.17) is 5.73 Å². The van der Waals surface area contributed by atoms with E-state index in [0.717, 1.165) is 16.9 Å². The molecule has 2 N–H and O–H groups in total. The third-order valence-corrected chi connectivity index (χ3v) is 3.32. The van der Waals surface area contributed by atoms with Crippen LogP contribution in [0.3, 0.4) is 0 Å². The molecule has 2 heterocycles. The number of nitrogen functional groups attached to an aromatic ring is 1. The Hall–Kier alpha value is -2.62. The van der Waals surface area contributed by atoms with Gasteiger partial charge in [0, 0.05) is 18.0 Å². The first-order valence-electron chi connectivity index (χ1n) is 6.48. The van der Waals surface area contributed by atoms with Gasteiger partial charge in [0.25, 0.3) is 0 Å². The Balaban J connectivity index is 2.12. The van der Waals surface area contributed by atoms with Crippen molar-refractivity contribution >= 4 is 5.69 Å². The van der Waals surface area contributed by atoms with Crippen LogP contribution < -0.4 is 5.73 Å². The Morgan fingerprint density at radius 1 is 1.05 bits per heavy atom. The highest BCUT2D eigenvalue weighted by atomic mass is 15.3. The first kappa shape index (κ1) is 12.4. The first-order valence-corrected chi connectivity index (χ1v) is 6.48. The highest BCUT2D eigenvalue weighted by Crippen LogP contribution is 2.28. The van der Waals surface area contributed by atoms with Gasteiger partial charge in [0.05, 0.1) is 17.6 Å². The van der Waals surface area contributed by atoms with Crippen LogP contribution in [0.5, 0.6) is 0 Å². The fraction of sp³-hybridized carbons (Fsp3) is 0.125. The Morgan fingerprint density at radius 2 is 1.80 bits per heavy atom. The Kier molecular flexibility index (Phi) is 2.99. The zero-order valence-corrected chi connectivity index (χ0v) is 11.5. The van der Waals surface area contributed by atoms with Gasteiger partial charge in [0.1, 0.15) is 5.69 Å². The highest BCUT2D eigenvalue weighted by molar-refractivity contribution is 5.75. The van der Waals surface area contributed by atoms with Gasteiger partial charge in [0.15, 0.2) is 0 Å². The van der Waals surface area contributed by atoms with Crippen molar-refractivity contribution in [3.05, 3.63) is 60.0 Å². The summed E-state index contributed by atoms with van der Waals surface area (Å²) in [7, 11) is 0. The van der Waals surface area contributed by atoms with Crippen LogP contribution >= 0.6 is 0 Å². The summed E-state index contributed by atoms with van der Waals surface area (Å²) in [6, 6.07) is 10.1. The van der Waals surface area contributed by atoms with E-state index in [9.17, 15) is 0 Å². The second-order valence-corrected chi connectivity index (χ2v) is 4.90. The molecular formula is C16H16N4. The molecule has 0 spiro atoms. The van der Waals surface area contributed by atoms with E-state index in [2.05, 4.69) is 42.1 Å². The maximum Gasteiger partial charge on any atom is 0.116 e. The number of nitrogens with zero attached hydrogens (tertiary/aromatic N) is 3. The smallest absolute Gasteiger partial charge is 0.116 e. The van der Waals surface area contributed by atoms with Gasteiger partial charge in [-0.05, 0) is 37.6 Å². The number of hydrogen-bond donors (Lipinski definition) is 1. The molecule has 100 valence electrons. The van der Waals surface area contributed by atoms with Crippen molar-refractivity contribution in [3.8, 4) is 16.9 Å². The number of aryl methyl sites for hydroxylation is 2. The fourth-order valence-corrected chi connectivity index (χ4v) is 2.22. The van der Waals surface area contributed by atoms with Crippen molar-refractivity contribution < 1.29 is 0 Å². The van der Waals surface area contributed by atoms with Crippen LogP contribution in [0.25, 0.3) is 16.9 Å². The summed E-state index contributed by atoms with van der Waals surface area (Å²) in [5.41, 5.74) is 12.0. The van der Waals surface area contributed by atoms with Crippen molar-refractivity contribution in [2.45, 2.75) is 13.8 Å². The average molecular weight is 264 g/mol. The fourth-order valence-electron chi connectivity index (χ4n) is 2.22. The normalized spacial score (nSPS) is 10.7. The van der Waals surface area contributed by atoms with Crippen molar-refractivity contribution in [1.29, 1.82) is 0 Å². The number of hydrogen-bond acceptors (Lipinski definition) is 3. The van der Waals surface area contributed by atoms with Crippen LogP contribution in [-0.4, -0.2) is 14.8 Å². The number of rotatable bonds is 2. The number of benzene rings is 1.